The molecule has 3 amide bonds. The number of nitrogens with one attached hydrogen (secondary N) is 2. The Kier molecular flexibility index (Phi) is 14.3. The molecule has 0 aliphatic heterocycles. The molecular weight excluding hydrogens is 860 g/mol. The Bertz CT molecular complexity index is 2470. The van der Waals surface area contributed by atoms with E-state index in [1.165, 1.54) is 47.0 Å². The van der Waals surface area contributed by atoms with Crippen molar-refractivity contribution in [3.8, 4) is 5.75 Å². The van der Waals surface area contributed by atoms with E-state index in [0.717, 1.165) is 31.8 Å². The number of unbranched alkanes of at least 4 members (excludes halogenated alkanes) is 4. The predicted octanol–water partition coefficient (Wildman–Crippen LogP) is 4.28. The van der Waals surface area contributed by atoms with Gasteiger partial charge in [0.1, 0.15) is 46.0 Å². The molecule has 0 saturated heterocycles. The second-order valence-electron chi connectivity index (χ2n) is 17.7. The van der Waals surface area contributed by atoms with Gasteiger partial charge < -0.3 is 41.9 Å². The summed E-state index contributed by atoms with van der Waals surface area (Å²) in [5.74, 6) is -10.9. The first-order chi connectivity index (χ1) is 31.6. The molecule has 0 aromatic heterocycles. The van der Waals surface area contributed by atoms with Gasteiger partial charge >= 0.3 is 0 Å². The number of benzene rings is 4. The van der Waals surface area contributed by atoms with Crippen molar-refractivity contribution in [2.75, 3.05) is 32.1 Å². The van der Waals surface area contributed by atoms with Crippen molar-refractivity contribution >= 4 is 63.9 Å². The number of rotatable bonds is 17. The number of phenolic OH excluding ortho intramolecular Hbond substituents is 1. The van der Waals surface area contributed by atoms with E-state index < -0.39 is 94.6 Å². The van der Waals surface area contributed by atoms with Crippen LogP contribution in [0.25, 0.3) is 5.76 Å². The molecule has 14 nitrogen and oxygen atoms in total. The van der Waals surface area contributed by atoms with Gasteiger partial charge in [-0.15, -0.1) is 0 Å². The third kappa shape index (κ3) is 8.54. The number of ketones is 2. The van der Waals surface area contributed by atoms with E-state index in [1.54, 1.807) is 6.92 Å². The number of hydrogen-bond donors (Lipinski definition) is 8. The van der Waals surface area contributed by atoms with Crippen LogP contribution in [0, 0.1) is 11.8 Å². The highest BCUT2D eigenvalue weighted by Crippen LogP contribution is 2.58. The van der Waals surface area contributed by atoms with E-state index in [4.69, 9.17) is 5.73 Å². The Morgan fingerprint density at radius 3 is 1.85 bits per heavy atom. The third-order valence-corrected chi connectivity index (χ3v) is 18.1. The Morgan fingerprint density at radius 2 is 1.30 bits per heavy atom. The highest BCUT2D eigenvalue weighted by atomic mass is 31.2. The molecule has 9 N–H and O–H groups in total. The van der Waals surface area contributed by atoms with Gasteiger partial charge in [-0.05, 0) is 87.3 Å². The fourth-order valence-corrected chi connectivity index (χ4v) is 14.8. The van der Waals surface area contributed by atoms with Crippen molar-refractivity contribution < 1.29 is 49.5 Å². The summed E-state index contributed by atoms with van der Waals surface area (Å²) in [4.78, 5) is 67.1. The summed E-state index contributed by atoms with van der Waals surface area (Å²) in [7, 11) is 0.978. The minimum atomic E-state index is -3.04. The van der Waals surface area contributed by atoms with Crippen molar-refractivity contribution in [1.29, 1.82) is 0 Å². The monoisotopic (exact) mass is 917 g/mol. The highest BCUT2D eigenvalue weighted by Gasteiger charge is 2.68. The number of phenols is 1. The molecule has 15 heteroatoms. The zero-order valence-corrected chi connectivity index (χ0v) is 38.2. The topological polar surface area (TPSA) is 240 Å². The quantitative estimate of drug-likeness (QED) is 0.0322. The van der Waals surface area contributed by atoms with Crippen LogP contribution >= 0.6 is 7.26 Å². The number of carbonyl (C=O) groups is 5. The van der Waals surface area contributed by atoms with Crippen LogP contribution in [0.4, 0.5) is 5.69 Å². The van der Waals surface area contributed by atoms with Gasteiger partial charge in [0.15, 0.2) is 11.4 Å². The van der Waals surface area contributed by atoms with E-state index in [1.807, 2.05) is 0 Å². The Balaban J connectivity index is 0.935. The van der Waals surface area contributed by atoms with Gasteiger partial charge in [0, 0.05) is 30.9 Å². The average Bonchev–Trinajstić information content (AvgIpc) is 3.30. The van der Waals surface area contributed by atoms with E-state index in [9.17, 15) is 49.5 Å². The molecule has 4 aromatic rings. The molecule has 0 bridgehead atoms. The summed E-state index contributed by atoms with van der Waals surface area (Å²) < 4.78 is 0. The lowest BCUT2D eigenvalue weighted by atomic mass is 9.54. The fourth-order valence-electron chi connectivity index (χ4n) is 10.4. The summed E-state index contributed by atoms with van der Waals surface area (Å²) in [5, 5.41) is 67.4. The van der Waals surface area contributed by atoms with Crippen LogP contribution in [0.5, 0.6) is 5.75 Å². The maximum atomic E-state index is 14.3. The SMILES string of the molecule is C[C@H]1c2ccc(NC(=O)CCNC(=O)CCCCCCC[P+](c3ccccc3)(c3ccccc3)c3ccccc3)c(O)c2C(O)=C2C(=O)[C@]3(O)C(O)=C(C(N)=O)C(=O)[C@@H](N(C)C)[C@@H]3[C@@H](O)[C@@H]21. The molecule has 3 aliphatic carbocycles. The van der Waals surface area contributed by atoms with Crippen molar-refractivity contribution in [2.45, 2.75) is 75.5 Å². The van der Waals surface area contributed by atoms with E-state index in [-0.39, 0.29) is 30.1 Å². The molecule has 66 heavy (non-hydrogen) atoms. The number of aliphatic hydroxyl groups excluding tert-OH is 3. The third-order valence-electron chi connectivity index (χ3n) is 13.6. The van der Waals surface area contributed by atoms with Gasteiger partial charge in [0.05, 0.1) is 35.5 Å². The smallest absolute Gasteiger partial charge is 0.255 e. The van der Waals surface area contributed by atoms with Crippen LogP contribution in [0.2, 0.25) is 0 Å². The number of amides is 3. The Morgan fingerprint density at radius 1 is 0.758 bits per heavy atom. The van der Waals surface area contributed by atoms with Gasteiger partial charge in [-0.3, -0.25) is 28.9 Å². The first-order valence-electron chi connectivity index (χ1n) is 22.4. The van der Waals surface area contributed by atoms with Crippen molar-refractivity contribution in [1.82, 2.24) is 10.2 Å². The first-order valence-corrected chi connectivity index (χ1v) is 24.3. The summed E-state index contributed by atoms with van der Waals surface area (Å²) >= 11 is 0. The molecule has 6 atom stereocenters. The Labute approximate surface area is 384 Å². The van der Waals surface area contributed by atoms with E-state index in [2.05, 4.69) is 102 Å². The van der Waals surface area contributed by atoms with Crippen LogP contribution in [0.1, 0.15) is 68.9 Å². The molecule has 0 spiro atoms. The summed E-state index contributed by atoms with van der Waals surface area (Å²) in [6.45, 7) is 1.65. The number of aliphatic hydroxyl groups is 4. The van der Waals surface area contributed by atoms with Crippen molar-refractivity contribution in [2.24, 2.45) is 17.6 Å². The van der Waals surface area contributed by atoms with E-state index >= 15 is 0 Å². The predicted molar refractivity (Wildman–Crippen MR) is 254 cm³/mol. The molecule has 346 valence electrons. The fraction of sp³-hybridized carbons (Fsp3) is 0.353. The summed E-state index contributed by atoms with van der Waals surface area (Å²) in [6.07, 6.45) is 4.11. The highest BCUT2D eigenvalue weighted by molar-refractivity contribution is 7.95. The number of hydrogen-bond acceptors (Lipinski definition) is 11. The molecule has 7 rings (SSSR count). The summed E-state index contributed by atoms with van der Waals surface area (Å²) in [6, 6.07) is 33.8. The lowest BCUT2D eigenvalue weighted by Crippen LogP contribution is -2.70. The standard InChI is InChI=1S/C51H57N4O10P/c1-30-34-25-26-35(44(58)39(34)45(59)40-38(30)46(60)42-43(55(2)3)47(61)41(50(52)64)49(63)51(42,65)48(40)62)54-37(57)27-28-53-36(56)24-16-5-4-6-17-29-66(31-18-10-7-11-19-31,32-20-12-8-13-21-32)33-22-14-9-15-23-33/h7-15,18-23,25-26,30,38,42-43,46,60,65H,4-6,16-17,24,27-29H2,1-3H3,(H6-,52,53,54,56,57,58,59,61,62,63,64)/p+1/t30-,38+,42+,43-,46-,51-/m0/s1. The van der Waals surface area contributed by atoms with Crippen LogP contribution in [-0.4, -0.2) is 104 Å². The van der Waals surface area contributed by atoms with Crippen LogP contribution < -0.4 is 32.3 Å². The molecule has 1 fully saturated rings. The maximum Gasteiger partial charge on any atom is 0.255 e. The van der Waals surface area contributed by atoms with Crippen molar-refractivity contribution in [3.63, 3.8) is 0 Å². The minimum Gasteiger partial charge on any atom is -0.508 e. The molecule has 0 heterocycles. The number of carbonyl (C=O) groups excluding carboxylic acids is 5. The number of likely N-dealkylation sites (N-methyl/N-ethyl adjacent to an activating group) is 1. The summed E-state index contributed by atoms with van der Waals surface area (Å²) in [5.41, 5.74) is 0.739. The number of fused-ring (bicyclic) bond motifs is 3. The van der Waals surface area contributed by atoms with Crippen LogP contribution in [0.3, 0.4) is 0 Å². The van der Waals surface area contributed by atoms with Gasteiger partial charge in [-0.25, -0.2) is 0 Å². The largest absolute Gasteiger partial charge is 0.508 e. The normalized spacial score (nSPS) is 22.7. The second kappa shape index (κ2) is 19.7. The van der Waals surface area contributed by atoms with Crippen molar-refractivity contribution in [3.05, 3.63) is 131 Å². The number of nitrogens with two attached hydrogens (primary N) is 1. The maximum absolute atomic E-state index is 14.3. The molecular formula is C51H58N4O10P+. The van der Waals surface area contributed by atoms with Gasteiger partial charge in [-0.2, -0.15) is 0 Å². The number of Topliss-reactive ketones (excluding diaryl/α,β-unsaturated/α-hetero) is 2. The number of aromatic hydroxyl groups is 1. The number of anilines is 1. The molecule has 1 saturated carbocycles. The second-order valence-corrected chi connectivity index (χ2v) is 21.3. The number of primary amides is 1. The van der Waals surface area contributed by atoms with Crippen LogP contribution in [0.15, 0.2) is 120 Å². The molecule has 3 aliphatic rings. The lowest BCUT2D eigenvalue weighted by Gasteiger charge is -2.53. The minimum absolute atomic E-state index is 0.0293. The van der Waals surface area contributed by atoms with Gasteiger partial charge in [-0.1, -0.05) is 80.4 Å². The molecule has 4 aromatic carbocycles. The van der Waals surface area contributed by atoms with E-state index in [0.29, 0.717) is 18.4 Å². The van der Waals surface area contributed by atoms with Crippen LogP contribution in [-0.2, 0) is 24.0 Å². The number of nitrogens with zero attached hydrogens (tertiary/aromatic N) is 1. The van der Waals surface area contributed by atoms with Gasteiger partial charge in [0.2, 0.25) is 17.6 Å². The molecule has 0 radical (unpaired) electrons. The van der Waals surface area contributed by atoms with Gasteiger partial charge in [0.25, 0.3) is 5.91 Å². The lowest BCUT2D eigenvalue weighted by molar-refractivity contribution is -0.169. The first kappa shape index (κ1) is 47.8. The average molecular weight is 918 g/mol. The Hall–Kier alpha value is -6.18. The zero-order chi connectivity index (χ0) is 47.5. The molecule has 0 unspecified atom stereocenters. The zero-order valence-electron chi connectivity index (χ0n) is 37.3.